The van der Waals surface area contributed by atoms with Crippen molar-refractivity contribution in [3.8, 4) is 11.3 Å². The Morgan fingerprint density at radius 3 is 2.76 bits per heavy atom. The fraction of sp³-hybridized carbons (Fsp3) is 0.211. The molecule has 0 fully saturated rings. The van der Waals surface area contributed by atoms with Crippen molar-refractivity contribution in [1.82, 2.24) is 9.97 Å². The summed E-state index contributed by atoms with van der Waals surface area (Å²) in [7, 11) is 0. The van der Waals surface area contributed by atoms with Crippen LogP contribution in [0, 0.1) is 6.92 Å². The lowest BCUT2D eigenvalue weighted by Gasteiger charge is -2.07. The predicted octanol–water partition coefficient (Wildman–Crippen LogP) is 3.11. The van der Waals surface area contributed by atoms with E-state index < -0.39 is 0 Å². The van der Waals surface area contributed by atoms with Crippen LogP contribution >= 0.6 is 0 Å². The number of aliphatic hydroxyl groups excluding tert-OH is 1. The molecule has 6 nitrogen and oxygen atoms in total. The van der Waals surface area contributed by atoms with E-state index in [0.29, 0.717) is 29.3 Å². The summed E-state index contributed by atoms with van der Waals surface area (Å²) in [6.45, 7) is 1.87. The fourth-order valence-corrected chi connectivity index (χ4v) is 2.38. The molecule has 0 aliphatic rings. The molecule has 128 valence electrons. The summed E-state index contributed by atoms with van der Waals surface area (Å²) in [6.07, 6.45) is 5.38. The third-order valence-corrected chi connectivity index (χ3v) is 3.81. The molecular formula is C19H19N3O3. The van der Waals surface area contributed by atoms with E-state index in [0.717, 1.165) is 5.56 Å². The van der Waals surface area contributed by atoms with Gasteiger partial charge in [0.15, 0.2) is 11.7 Å². The van der Waals surface area contributed by atoms with Crippen LogP contribution in [0.5, 0.6) is 0 Å². The zero-order valence-electron chi connectivity index (χ0n) is 13.9. The Bertz CT molecular complexity index is 856. The van der Waals surface area contributed by atoms with Gasteiger partial charge in [-0.2, -0.15) is 0 Å². The molecule has 3 aromatic rings. The number of benzene rings is 1. The van der Waals surface area contributed by atoms with Crippen molar-refractivity contribution < 1.29 is 14.3 Å². The maximum absolute atomic E-state index is 12.1. The maximum atomic E-state index is 12.1. The molecule has 3 rings (SSSR count). The van der Waals surface area contributed by atoms with Crippen molar-refractivity contribution in [3.63, 3.8) is 0 Å². The Hall–Kier alpha value is -2.99. The van der Waals surface area contributed by atoms with Crippen molar-refractivity contribution in [3.05, 3.63) is 65.9 Å². The fourth-order valence-electron chi connectivity index (χ4n) is 2.38. The second kappa shape index (κ2) is 7.72. The third-order valence-electron chi connectivity index (χ3n) is 3.81. The largest absolute Gasteiger partial charge is 0.441 e. The highest BCUT2D eigenvalue weighted by molar-refractivity contribution is 5.91. The number of aryl methyl sites for hydroxylation is 2. The summed E-state index contributed by atoms with van der Waals surface area (Å²) in [5, 5.41) is 12.0. The minimum atomic E-state index is -0.183. The van der Waals surface area contributed by atoms with E-state index in [-0.39, 0.29) is 18.9 Å². The van der Waals surface area contributed by atoms with E-state index in [4.69, 9.17) is 4.42 Å². The van der Waals surface area contributed by atoms with Gasteiger partial charge in [0.2, 0.25) is 5.91 Å². The van der Waals surface area contributed by atoms with Crippen molar-refractivity contribution in [1.29, 1.82) is 0 Å². The van der Waals surface area contributed by atoms with Gasteiger partial charge in [-0.25, -0.2) is 4.98 Å². The lowest BCUT2D eigenvalue weighted by Crippen LogP contribution is -2.14. The Kier molecular flexibility index (Phi) is 5.20. The number of hydrogen-bond donors (Lipinski definition) is 2. The Morgan fingerprint density at radius 1 is 1.20 bits per heavy atom. The van der Waals surface area contributed by atoms with Gasteiger partial charge < -0.3 is 14.8 Å². The van der Waals surface area contributed by atoms with Crippen molar-refractivity contribution in [2.75, 3.05) is 5.32 Å². The summed E-state index contributed by atoms with van der Waals surface area (Å²) in [5.74, 6) is 1.02. The average Bonchev–Trinajstić information content (AvgIpc) is 3.10. The topological polar surface area (TPSA) is 88.2 Å². The van der Waals surface area contributed by atoms with Crippen LogP contribution in [-0.4, -0.2) is 21.0 Å². The highest BCUT2D eigenvalue weighted by Crippen LogP contribution is 2.21. The van der Waals surface area contributed by atoms with Crippen LogP contribution in [0.4, 0.5) is 5.69 Å². The van der Waals surface area contributed by atoms with Gasteiger partial charge >= 0.3 is 0 Å². The van der Waals surface area contributed by atoms with Gasteiger partial charge in [-0.05, 0) is 13.0 Å². The molecule has 0 radical (unpaired) electrons. The monoisotopic (exact) mass is 337 g/mol. The molecule has 0 atom stereocenters. The van der Waals surface area contributed by atoms with Crippen LogP contribution in [0.2, 0.25) is 0 Å². The van der Waals surface area contributed by atoms with E-state index in [1.54, 1.807) is 18.5 Å². The molecular weight excluding hydrogens is 318 g/mol. The van der Waals surface area contributed by atoms with Crippen LogP contribution in [0.25, 0.3) is 11.3 Å². The number of amides is 1. The maximum Gasteiger partial charge on any atom is 0.224 e. The van der Waals surface area contributed by atoms with Crippen molar-refractivity contribution in [2.45, 2.75) is 26.4 Å². The molecule has 6 heteroatoms. The summed E-state index contributed by atoms with van der Waals surface area (Å²) in [5.41, 5.74) is 3.28. The first kappa shape index (κ1) is 16.9. The third kappa shape index (κ3) is 4.30. The van der Waals surface area contributed by atoms with E-state index in [1.807, 2.05) is 31.2 Å². The number of anilines is 1. The van der Waals surface area contributed by atoms with Gasteiger partial charge in [0.25, 0.3) is 0 Å². The predicted molar refractivity (Wildman–Crippen MR) is 93.8 cm³/mol. The normalized spacial score (nSPS) is 10.6. The van der Waals surface area contributed by atoms with Crippen LogP contribution < -0.4 is 5.32 Å². The number of aliphatic hydroxyl groups is 1. The molecule has 0 aliphatic heterocycles. The zero-order valence-corrected chi connectivity index (χ0v) is 13.9. The van der Waals surface area contributed by atoms with Gasteiger partial charge in [0.05, 0.1) is 24.7 Å². The minimum absolute atomic E-state index is 0.155. The summed E-state index contributed by atoms with van der Waals surface area (Å²) >= 11 is 0. The van der Waals surface area contributed by atoms with Crippen LogP contribution in [0.3, 0.4) is 0 Å². The number of nitrogens with zero attached hydrogens (tertiary/aromatic N) is 2. The quantitative estimate of drug-likeness (QED) is 0.721. The van der Waals surface area contributed by atoms with Gasteiger partial charge in [-0.1, -0.05) is 29.8 Å². The molecule has 0 bridgehead atoms. The van der Waals surface area contributed by atoms with E-state index in [1.165, 1.54) is 11.8 Å². The number of hydrogen-bond acceptors (Lipinski definition) is 5. The van der Waals surface area contributed by atoms with Crippen molar-refractivity contribution >= 4 is 11.6 Å². The van der Waals surface area contributed by atoms with Crippen LogP contribution in [0.15, 0.2) is 53.3 Å². The Labute approximate surface area is 145 Å². The van der Waals surface area contributed by atoms with Crippen LogP contribution in [0.1, 0.15) is 23.4 Å². The first-order valence-electron chi connectivity index (χ1n) is 8.01. The zero-order chi connectivity index (χ0) is 17.6. The number of carbonyl (C=O) groups is 1. The van der Waals surface area contributed by atoms with E-state index in [2.05, 4.69) is 15.3 Å². The van der Waals surface area contributed by atoms with Gasteiger partial charge in [0.1, 0.15) is 0 Å². The first-order chi connectivity index (χ1) is 12.2. The number of carbonyl (C=O) groups excluding carboxylic acids is 1. The highest BCUT2D eigenvalue weighted by Gasteiger charge is 2.10. The lowest BCUT2D eigenvalue weighted by molar-refractivity contribution is -0.116. The molecule has 2 heterocycles. The average molecular weight is 337 g/mol. The second-order valence-electron chi connectivity index (χ2n) is 5.72. The molecule has 0 saturated carbocycles. The van der Waals surface area contributed by atoms with Gasteiger partial charge in [-0.3, -0.25) is 9.78 Å². The molecule has 2 aromatic heterocycles. The number of nitrogens with one attached hydrogen (secondary N) is 1. The van der Waals surface area contributed by atoms with Gasteiger partial charge in [0, 0.05) is 30.2 Å². The number of oxazole rings is 1. The second-order valence-corrected chi connectivity index (χ2v) is 5.72. The molecule has 25 heavy (non-hydrogen) atoms. The molecule has 0 saturated heterocycles. The molecule has 1 amide bonds. The lowest BCUT2D eigenvalue weighted by atomic mass is 10.1. The molecule has 2 N–H and O–H groups in total. The SMILES string of the molecule is Cc1ccc(-c2cnc(CCC(=O)Nc3cnccc3CO)o2)cc1. The number of aromatic nitrogens is 2. The highest BCUT2D eigenvalue weighted by atomic mass is 16.4. The van der Waals surface area contributed by atoms with Gasteiger partial charge in [-0.15, -0.1) is 0 Å². The van der Waals surface area contributed by atoms with Crippen molar-refractivity contribution in [2.24, 2.45) is 0 Å². The summed E-state index contributed by atoms with van der Waals surface area (Å²) in [4.78, 5) is 20.3. The smallest absolute Gasteiger partial charge is 0.224 e. The molecule has 0 aliphatic carbocycles. The van der Waals surface area contributed by atoms with Crippen LogP contribution in [-0.2, 0) is 17.8 Å². The molecule has 0 spiro atoms. The number of rotatable bonds is 6. The standard InChI is InChI=1S/C19H19N3O3/c1-13-2-4-14(5-3-13)17-11-21-19(25-17)7-6-18(24)22-16-10-20-9-8-15(16)12-23/h2-5,8-11,23H,6-7,12H2,1H3,(H,22,24). The minimum Gasteiger partial charge on any atom is -0.441 e. The molecule has 0 unspecified atom stereocenters. The Morgan fingerprint density at radius 2 is 2.00 bits per heavy atom. The van der Waals surface area contributed by atoms with E-state index in [9.17, 15) is 9.90 Å². The summed E-state index contributed by atoms with van der Waals surface area (Å²) in [6, 6.07) is 9.64. The number of pyridine rings is 1. The Balaban J connectivity index is 1.58. The first-order valence-corrected chi connectivity index (χ1v) is 8.01. The molecule has 1 aromatic carbocycles. The van der Waals surface area contributed by atoms with E-state index >= 15 is 0 Å². The summed E-state index contributed by atoms with van der Waals surface area (Å²) < 4.78 is 5.71.